The minimum Gasteiger partial charge on any atom is -0.469 e. The van der Waals surface area contributed by atoms with Crippen molar-refractivity contribution in [2.45, 2.75) is 90.8 Å². The number of ether oxygens (including phenoxy) is 1. The lowest BCUT2D eigenvalue weighted by Crippen LogP contribution is -2.45. The molecule has 0 aromatic carbocycles. The van der Waals surface area contributed by atoms with Crippen LogP contribution in [0.4, 0.5) is 0 Å². The number of methoxy groups -OCH3 is 1. The van der Waals surface area contributed by atoms with Gasteiger partial charge in [-0.15, -0.1) is 0 Å². The van der Waals surface area contributed by atoms with Gasteiger partial charge in [-0.2, -0.15) is 0 Å². The van der Waals surface area contributed by atoms with Crippen LogP contribution in [0.3, 0.4) is 0 Å². The van der Waals surface area contributed by atoms with Crippen LogP contribution in [0.1, 0.15) is 79.1 Å². The van der Waals surface area contributed by atoms with Crippen molar-refractivity contribution >= 4 is 5.97 Å². The van der Waals surface area contributed by atoms with Crippen molar-refractivity contribution in [1.82, 2.24) is 0 Å². The average molecular weight is 314 g/mol. The van der Waals surface area contributed by atoms with Crippen LogP contribution in [0, 0.1) is 11.8 Å². The number of carbonyl (C=O) groups is 1. The normalized spacial score (nSPS) is 30.0. The summed E-state index contributed by atoms with van der Waals surface area (Å²) < 4.78 is 4.75. The third kappa shape index (κ3) is 5.88. The summed E-state index contributed by atoms with van der Waals surface area (Å²) in [5.74, 6) is 0.801. The van der Waals surface area contributed by atoms with Crippen LogP contribution in [-0.2, 0) is 19.3 Å². The Morgan fingerprint density at radius 3 is 2.64 bits per heavy atom. The standard InChI is InChI=1S/C18H34O4/c1-6-9-10-14(7-2)12-18(4)13-15(8-3)16(21-22-18)11-17(19)20-5/h14-16H,6-13H2,1-5H3/t14?,15-,16-,18+/m0/s1. The molecule has 1 unspecified atom stereocenters. The van der Waals surface area contributed by atoms with Gasteiger partial charge >= 0.3 is 5.97 Å². The highest BCUT2D eigenvalue weighted by molar-refractivity contribution is 5.69. The third-order valence-electron chi connectivity index (χ3n) is 4.98. The van der Waals surface area contributed by atoms with Crippen molar-refractivity contribution in [1.29, 1.82) is 0 Å². The number of rotatable bonds is 9. The number of esters is 1. The molecule has 1 aliphatic rings. The fourth-order valence-corrected chi connectivity index (χ4v) is 3.50. The Bertz CT molecular complexity index is 331. The highest BCUT2D eigenvalue weighted by atomic mass is 17.2. The highest BCUT2D eigenvalue weighted by Gasteiger charge is 2.41. The van der Waals surface area contributed by atoms with Gasteiger partial charge in [0.2, 0.25) is 0 Å². The van der Waals surface area contributed by atoms with Gasteiger partial charge in [-0.05, 0) is 31.6 Å². The van der Waals surface area contributed by atoms with Crippen molar-refractivity contribution in [3.05, 3.63) is 0 Å². The van der Waals surface area contributed by atoms with E-state index in [1.54, 1.807) is 0 Å². The maximum absolute atomic E-state index is 11.5. The smallest absolute Gasteiger partial charge is 0.308 e. The minimum absolute atomic E-state index is 0.179. The topological polar surface area (TPSA) is 44.8 Å². The summed E-state index contributed by atoms with van der Waals surface area (Å²) in [4.78, 5) is 22.9. The molecule has 0 spiro atoms. The van der Waals surface area contributed by atoms with Gasteiger partial charge in [0.05, 0.1) is 13.5 Å². The van der Waals surface area contributed by atoms with Crippen LogP contribution in [0.2, 0.25) is 0 Å². The van der Waals surface area contributed by atoms with Gasteiger partial charge in [0.25, 0.3) is 0 Å². The van der Waals surface area contributed by atoms with E-state index in [2.05, 4.69) is 27.7 Å². The summed E-state index contributed by atoms with van der Waals surface area (Å²) in [5, 5.41) is 0. The van der Waals surface area contributed by atoms with Gasteiger partial charge in [-0.25, -0.2) is 9.78 Å². The summed E-state index contributed by atoms with van der Waals surface area (Å²) in [5.41, 5.74) is -0.234. The molecule has 0 amide bonds. The Morgan fingerprint density at radius 1 is 1.36 bits per heavy atom. The van der Waals surface area contributed by atoms with Crippen molar-refractivity contribution in [2.24, 2.45) is 11.8 Å². The second-order valence-corrected chi connectivity index (χ2v) is 6.94. The second kappa shape index (κ2) is 9.51. The average Bonchev–Trinajstić information content (AvgIpc) is 2.53. The van der Waals surface area contributed by atoms with Gasteiger partial charge in [-0.3, -0.25) is 4.79 Å². The van der Waals surface area contributed by atoms with Crippen molar-refractivity contribution in [3.63, 3.8) is 0 Å². The Morgan fingerprint density at radius 2 is 2.09 bits per heavy atom. The SMILES string of the molecule is CCCCC(CC)C[C@]1(C)C[C@H](CC)[C@H](CC(=O)OC)OO1. The van der Waals surface area contributed by atoms with Crippen molar-refractivity contribution in [3.8, 4) is 0 Å². The van der Waals surface area contributed by atoms with Crippen LogP contribution in [-0.4, -0.2) is 24.8 Å². The van der Waals surface area contributed by atoms with E-state index >= 15 is 0 Å². The zero-order valence-electron chi connectivity index (χ0n) is 15.0. The monoisotopic (exact) mass is 314 g/mol. The van der Waals surface area contributed by atoms with Crippen LogP contribution in [0.15, 0.2) is 0 Å². The van der Waals surface area contributed by atoms with Gasteiger partial charge in [0.15, 0.2) is 0 Å². The summed E-state index contributed by atoms with van der Waals surface area (Å²) in [7, 11) is 1.41. The molecule has 0 aliphatic carbocycles. The molecule has 0 radical (unpaired) electrons. The number of carbonyl (C=O) groups excluding carboxylic acids is 1. The lowest BCUT2D eigenvalue weighted by atomic mass is 9.78. The molecular weight excluding hydrogens is 280 g/mol. The first-order valence-corrected chi connectivity index (χ1v) is 8.89. The summed E-state index contributed by atoms with van der Waals surface area (Å²) >= 11 is 0. The van der Waals surface area contributed by atoms with Gasteiger partial charge in [0, 0.05) is 0 Å². The van der Waals surface area contributed by atoms with E-state index in [1.165, 1.54) is 32.8 Å². The largest absolute Gasteiger partial charge is 0.469 e. The minimum atomic E-state index is -0.234. The number of hydrogen-bond acceptors (Lipinski definition) is 4. The summed E-state index contributed by atoms with van der Waals surface area (Å²) in [6.07, 6.45) is 8.03. The first-order valence-electron chi connectivity index (χ1n) is 8.89. The molecule has 4 heteroatoms. The van der Waals surface area contributed by atoms with E-state index in [9.17, 15) is 4.79 Å². The molecule has 4 atom stereocenters. The Balaban J connectivity index is 2.60. The Kier molecular flexibility index (Phi) is 8.40. The molecule has 1 fully saturated rings. The number of hydrogen-bond donors (Lipinski definition) is 0. The first-order chi connectivity index (χ1) is 10.5. The molecule has 130 valence electrons. The molecule has 0 bridgehead atoms. The van der Waals surface area contributed by atoms with Gasteiger partial charge in [0.1, 0.15) is 11.7 Å². The lowest BCUT2D eigenvalue weighted by molar-refractivity contribution is -0.419. The molecular formula is C18H34O4. The molecule has 4 nitrogen and oxygen atoms in total. The van der Waals surface area contributed by atoms with E-state index < -0.39 is 0 Å². The van der Waals surface area contributed by atoms with Crippen LogP contribution < -0.4 is 0 Å². The van der Waals surface area contributed by atoms with E-state index in [0.29, 0.717) is 11.8 Å². The molecule has 1 heterocycles. The quantitative estimate of drug-likeness (QED) is 0.458. The Hall–Kier alpha value is -0.610. The second-order valence-electron chi connectivity index (χ2n) is 6.94. The zero-order chi connectivity index (χ0) is 16.6. The van der Waals surface area contributed by atoms with Gasteiger partial charge in [-0.1, -0.05) is 52.9 Å². The molecule has 22 heavy (non-hydrogen) atoms. The van der Waals surface area contributed by atoms with Crippen LogP contribution in [0.5, 0.6) is 0 Å². The third-order valence-corrected chi connectivity index (χ3v) is 4.98. The molecule has 1 rings (SSSR count). The fraction of sp³-hybridized carbons (Fsp3) is 0.944. The maximum Gasteiger partial charge on any atom is 0.308 e. The Labute approximate surface area is 135 Å². The molecule has 0 aromatic heterocycles. The zero-order valence-corrected chi connectivity index (χ0v) is 15.0. The molecule has 1 saturated heterocycles. The molecule has 1 aliphatic heterocycles. The predicted molar refractivity (Wildman–Crippen MR) is 87.3 cm³/mol. The summed E-state index contributed by atoms with van der Waals surface area (Å²) in [6.45, 7) is 8.79. The highest BCUT2D eigenvalue weighted by Crippen LogP contribution is 2.39. The fourth-order valence-electron chi connectivity index (χ4n) is 3.50. The van der Waals surface area contributed by atoms with Crippen molar-refractivity contribution < 1.29 is 19.3 Å². The van der Waals surface area contributed by atoms with Crippen LogP contribution in [0.25, 0.3) is 0 Å². The van der Waals surface area contributed by atoms with E-state index in [-0.39, 0.29) is 24.1 Å². The maximum atomic E-state index is 11.5. The van der Waals surface area contributed by atoms with E-state index in [1.807, 2.05) is 0 Å². The predicted octanol–water partition coefficient (Wildman–Crippen LogP) is 4.66. The molecule has 0 saturated carbocycles. The molecule has 0 aromatic rings. The van der Waals surface area contributed by atoms with Crippen LogP contribution >= 0.6 is 0 Å². The van der Waals surface area contributed by atoms with E-state index in [0.717, 1.165) is 19.3 Å². The number of unbranched alkanes of at least 4 members (excludes halogenated alkanes) is 1. The van der Waals surface area contributed by atoms with Crippen molar-refractivity contribution in [2.75, 3.05) is 7.11 Å². The van der Waals surface area contributed by atoms with Gasteiger partial charge < -0.3 is 4.74 Å². The summed E-state index contributed by atoms with van der Waals surface area (Å²) in [6, 6.07) is 0. The lowest BCUT2D eigenvalue weighted by Gasteiger charge is -2.42. The first kappa shape index (κ1) is 19.4. The molecule has 0 N–H and O–H groups in total. The van der Waals surface area contributed by atoms with E-state index in [4.69, 9.17) is 14.5 Å².